The minimum absolute atomic E-state index is 0.191. The van der Waals surface area contributed by atoms with Gasteiger partial charge in [-0.3, -0.25) is 9.78 Å². The summed E-state index contributed by atoms with van der Waals surface area (Å²) < 4.78 is 2.02. The number of nitrogens with one attached hydrogen (secondary N) is 1. The molecule has 1 aliphatic carbocycles. The molecule has 0 unspecified atom stereocenters. The van der Waals surface area contributed by atoms with Crippen molar-refractivity contribution in [3.8, 4) is 11.5 Å². The van der Waals surface area contributed by atoms with Crippen LogP contribution in [0.15, 0.2) is 36.8 Å². The molecule has 0 saturated heterocycles. The molecule has 1 fully saturated rings. The van der Waals surface area contributed by atoms with E-state index in [0.717, 1.165) is 24.4 Å². The molecule has 0 aliphatic heterocycles. The Morgan fingerprint density at radius 1 is 1.30 bits per heavy atom. The average Bonchev–Trinajstić information content (AvgIpc) is 2.86. The topological polar surface area (TPSA) is 59.8 Å². The van der Waals surface area contributed by atoms with E-state index >= 15 is 0 Å². The molecule has 1 aliphatic rings. The van der Waals surface area contributed by atoms with Crippen LogP contribution in [0, 0.1) is 5.92 Å². The van der Waals surface area contributed by atoms with Crippen LogP contribution >= 0.6 is 0 Å². The average molecular weight is 270 g/mol. The predicted molar refractivity (Wildman–Crippen MR) is 75.8 cm³/mol. The number of imidazole rings is 1. The third-order valence-corrected chi connectivity index (χ3v) is 3.74. The molecule has 2 aromatic rings. The number of hydrogen-bond acceptors (Lipinski definition) is 3. The number of amides is 1. The smallest absolute Gasteiger partial charge is 0.223 e. The number of pyridine rings is 1. The summed E-state index contributed by atoms with van der Waals surface area (Å²) in [5.41, 5.74) is 0.850. The summed E-state index contributed by atoms with van der Waals surface area (Å²) in [6.07, 6.45) is 8.69. The molecule has 0 radical (unpaired) electrons. The molecular weight excluding hydrogens is 252 g/mol. The minimum atomic E-state index is 0.191. The first-order chi connectivity index (χ1) is 9.84. The van der Waals surface area contributed by atoms with Crippen molar-refractivity contribution in [2.75, 3.05) is 6.54 Å². The first-order valence-corrected chi connectivity index (χ1v) is 7.05. The maximum absolute atomic E-state index is 11.8. The van der Waals surface area contributed by atoms with Crippen LogP contribution in [0.5, 0.6) is 0 Å². The van der Waals surface area contributed by atoms with Gasteiger partial charge in [-0.2, -0.15) is 0 Å². The fourth-order valence-corrected chi connectivity index (χ4v) is 2.33. The number of carbonyl (C=O) groups excluding carboxylic acids is 1. The van der Waals surface area contributed by atoms with Crippen molar-refractivity contribution in [3.05, 3.63) is 36.8 Å². The molecule has 5 nitrogen and oxygen atoms in total. The maximum atomic E-state index is 11.8. The van der Waals surface area contributed by atoms with Crippen molar-refractivity contribution in [1.29, 1.82) is 0 Å². The summed E-state index contributed by atoms with van der Waals surface area (Å²) in [6.45, 7) is 1.34. The number of nitrogens with zero attached hydrogens (tertiary/aromatic N) is 3. The molecule has 2 aromatic heterocycles. The number of aromatic nitrogens is 3. The highest BCUT2D eigenvalue weighted by Crippen LogP contribution is 2.26. The third kappa shape index (κ3) is 2.71. The van der Waals surface area contributed by atoms with Gasteiger partial charge in [0, 0.05) is 37.6 Å². The van der Waals surface area contributed by atoms with E-state index in [-0.39, 0.29) is 11.8 Å². The van der Waals surface area contributed by atoms with Crippen LogP contribution < -0.4 is 5.32 Å². The summed E-state index contributed by atoms with van der Waals surface area (Å²) >= 11 is 0. The highest BCUT2D eigenvalue weighted by Gasteiger charge is 2.24. The zero-order chi connectivity index (χ0) is 13.8. The highest BCUT2D eigenvalue weighted by molar-refractivity contribution is 5.79. The lowest BCUT2D eigenvalue weighted by Crippen LogP contribution is -2.36. The highest BCUT2D eigenvalue weighted by atomic mass is 16.1. The predicted octanol–water partition coefficient (Wildman–Crippen LogP) is 1.86. The first-order valence-electron chi connectivity index (χ1n) is 7.05. The quantitative estimate of drug-likeness (QED) is 0.902. The van der Waals surface area contributed by atoms with Crippen LogP contribution in [0.3, 0.4) is 0 Å². The summed E-state index contributed by atoms with van der Waals surface area (Å²) in [6, 6.07) is 5.77. The van der Waals surface area contributed by atoms with Crippen molar-refractivity contribution in [2.45, 2.75) is 25.8 Å². The summed E-state index contributed by atoms with van der Waals surface area (Å²) in [4.78, 5) is 20.4. The van der Waals surface area contributed by atoms with E-state index in [0.29, 0.717) is 13.1 Å². The van der Waals surface area contributed by atoms with Gasteiger partial charge in [0.2, 0.25) is 5.91 Å². The zero-order valence-corrected chi connectivity index (χ0v) is 11.3. The fourth-order valence-electron chi connectivity index (χ4n) is 2.33. The Kier molecular flexibility index (Phi) is 3.76. The first kappa shape index (κ1) is 12.8. The molecule has 1 amide bonds. The Balaban J connectivity index is 1.58. The summed E-state index contributed by atoms with van der Waals surface area (Å²) in [7, 11) is 0. The van der Waals surface area contributed by atoms with Crippen molar-refractivity contribution in [2.24, 2.45) is 5.92 Å². The van der Waals surface area contributed by atoms with E-state index < -0.39 is 0 Å². The van der Waals surface area contributed by atoms with Crippen LogP contribution in [0.2, 0.25) is 0 Å². The van der Waals surface area contributed by atoms with Crippen molar-refractivity contribution in [1.82, 2.24) is 19.9 Å². The second-order valence-corrected chi connectivity index (χ2v) is 5.08. The maximum Gasteiger partial charge on any atom is 0.223 e. The molecule has 2 heterocycles. The lowest BCUT2D eigenvalue weighted by atomic mass is 9.85. The van der Waals surface area contributed by atoms with E-state index in [2.05, 4.69) is 15.3 Å². The summed E-state index contributed by atoms with van der Waals surface area (Å²) in [5.74, 6) is 1.27. The Bertz CT molecular complexity index is 575. The molecule has 1 N–H and O–H groups in total. The van der Waals surface area contributed by atoms with Crippen LogP contribution in [-0.2, 0) is 11.3 Å². The SMILES string of the molecule is O=C(NCCn1ccnc1-c1ccccn1)C1CCC1. The molecule has 0 atom stereocenters. The van der Waals surface area contributed by atoms with Gasteiger partial charge in [-0.15, -0.1) is 0 Å². The molecule has 3 rings (SSSR count). The van der Waals surface area contributed by atoms with Gasteiger partial charge in [0.15, 0.2) is 5.82 Å². The van der Waals surface area contributed by atoms with Gasteiger partial charge in [-0.1, -0.05) is 12.5 Å². The molecule has 104 valence electrons. The number of rotatable bonds is 5. The van der Waals surface area contributed by atoms with Crippen molar-refractivity contribution < 1.29 is 4.79 Å². The van der Waals surface area contributed by atoms with Crippen LogP contribution in [-0.4, -0.2) is 27.0 Å². The second kappa shape index (κ2) is 5.86. The largest absolute Gasteiger partial charge is 0.354 e. The van der Waals surface area contributed by atoms with Gasteiger partial charge in [0.25, 0.3) is 0 Å². The number of carbonyl (C=O) groups is 1. The lowest BCUT2D eigenvalue weighted by molar-refractivity contribution is -0.127. The van der Waals surface area contributed by atoms with E-state index in [1.54, 1.807) is 12.4 Å². The second-order valence-electron chi connectivity index (χ2n) is 5.08. The summed E-state index contributed by atoms with van der Waals surface area (Å²) in [5, 5.41) is 2.99. The molecule has 1 saturated carbocycles. The van der Waals surface area contributed by atoms with Gasteiger partial charge in [0.1, 0.15) is 5.69 Å². The van der Waals surface area contributed by atoms with Crippen molar-refractivity contribution >= 4 is 5.91 Å². The Morgan fingerprint density at radius 3 is 2.90 bits per heavy atom. The van der Waals surface area contributed by atoms with Crippen LogP contribution in [0.1, 0.15) is 19.3 Å². The molecule has 5 heteroatoms. The van der Waals surface area contributed by atoms with Gasteiger partial charge < -0.3 is 9.88 Å². The molecule has 0 aromatic carbocycles. The molecule has 0 bridgehead atoms. The monoisotopic (exact) mass is 270 g/mol. The van der Waals surface area contributed by atoms with Gasteiger partial charge in [-0.05, 0) is 25.0 Å². The molecular formula is C15H18N4O. The Morgan fingerprint density at radius 2 is 2.20 bits per heavy atom. The number of hydrogen-bond donors (Lipinski definition) is 1. The standard InChI is InChI=1S/C15H18N4O/c20-15(12-4-3-5-12)18-9-11-19-10-8-17-14(19)13-6-1-2-7-16-13/h1-2,6-8,10,12H,3-5,9,11H2,(H,18,20). The van der Waals surface area contributed by atoms with E-state index in [1.165, 1.54) is 6.42 Å². The zero-order valence-electron chi connectivity index (χ0n) is 11.3. The minimum Gasteiger partial charge on any atom is -0.354 e. The fraction of sp³-hybridized carbons (Fsp3) is 0.400. The lowest BCUT2D eigenvalue weighted by Gasteiger charge is -2.24. The molecule has 20 heavy (non-hydrogen) atoms. The van der Waals surface area contributed by atoms with Crippen LogP contribution in [0.25, 0.3) is 11.5 Å². The Labute approximate surface area is 118 Å². The molecule has 0 spiro atoms. The van der Waals surface area contributed by atoms with Crippen LogP contribution in [0.4, 0.5) is 0 Å². The van der Waals surface area contributed by atoms with E-state index in [1.807, 2.05) is 29.0 Å². The van der Waals surface area contributed by atoms with E-state index in [9.17, 15) is 4.79 Å². The Hall–Kier alpha value is -2.17. The van der Waals surface area contributed by atoms with E-state index in [4.69, 9.17) is 0 Å². The van der Waals surface area contributed by atoms with Gasteiger partial charge >= 0.3 is 0 Å². The normalized spacial score (nSPS) is 14.8. The van der Waals surface area contributed by atoms with Gasteiger partial charge in [0.05, 0.1) is 0 Å². The van der Waals surface area contributed by atoms with Gasteiger partial charge in [-0.25, -0.2) is 4.98 Å². The van der Waals surface area contributed by atoms with Crippen molar-refractivity contribution in [3.63, 3.8) is 0 Å². The third-order valence-electron chi connectivity index (χ3n) is 3.74.